The van der Waals surface area contributed by atoms with E-state index < -0.39 is 0 Å². The lowest BCUT2D eigenvalue weighted by molar-refractivity contribution is 0.102. The molecule has 2 N–H and O–H groups in total. The van der Waals surface area contributed by atoms with Crippen molar-refractivity contribution in [3.63, 3.8) is 0 Å². The van der Waals surface area contributed by atoms with Gasteiger partial charge in [0, 0.05) is 28.4 Å². The van der Waals surface area contributed by atoms with Crippen LogP contribution in [0.25, 0.3) is 10.9 Å². The lowest BCUT2D eigenvalue weighted by Gasteiger charge is -2.10. The highest BCUT2D eigenvalue weighted by molar-refractivity contribution is 6.06. The van der Waals surface area contributed by atoms with E-state index in [4.69, 9.17) is 0 Å². The monoisotopic (exact) mass is 278 g/mol. The third-order valence-corrected chi connectivity index (χ3v) is 3.42. The number of aromatic nitrogens is 1. The van der Waals surface area contributed by atoms with E-state index in [9.17, 15) is 9.90 Å². The molecule has 4 heteroatoms. The summed E-state index contributed by atoms with van der Waals surface area (Å²) in [6.45, 7) is 1.76. The minimum absolute atomic E-state index is 0.163. The molecule has 1 aromatic heterocycles. The summed E-state index contributed by atoms with van der Waals surface area (Å²) < 4.78 is 0. The summed E-state index contributed by atoms with van der Waals surface area (Å²) in [5, 5.41) is 13.4. The number of carbonyl (C=O) groups is 1. The van der Waals surface area contributed by atoms with Gasteiger partial charge in [0.25, 0.3) is 5.91 Å². The van der Waals surface area contributed by atoms with E-state index in [1.165, 1.54) is 0 Å². The van der Waals surface area contributed by atoms with E-state index >= 15 is 0 Å². The van der Waals surface area contributed by atoms with Crippen LogP contribution in [0.15, 0.2) is 54.7 Å². The van der Waals surface area contributed by atoms with Crippen molar-refractivity contribution in [2.45, 2.75) is 6.92 Å². The summed E-state index contributed by atoms with van der Waals surface area (Å²) >= 11 is 0. The van der Waals surface area contributed by atoms with Crippen molar-refractivity contribution in [1.29, 1.82) is 0 Å². The number of benzene rings is 2. The summed E-state index contributed by atoms with van der Waals surface area (Å²) in [4.78, 5) is 16.5. The molecule has 0 saturated carbocycles. The van der Waals surface area contributed by atoms with Crippen molar-refractivity contribution in [3.05, 3.63) is 65.9 Å². The normalized spacial score (nSPS) is 10.5. The van der Waals surface area contributed by atoms with Crippen LogP contribution in [-0.2, 0) is 0 Å². The Labute approximate surface area is 122 Å². The number of carbonyl (C=O) groups excluding carboxylic acids is 1. The molecule has 0 unspecified atom stereocenters. The van der Waals surface area contributed by atoms with Gasteiger partial charge in [-0.05, 0) is 43.3 Å². The number of phenolic OH excluding ortho intramolecular Hbond substituents is 1. The zero-order valence-electron chi connectivity index (χ0n) is 11.5. The minimum atomic E-state index is -0.213. The number of amides is 1. The quantitative estimate of drug-likeness (QED) is 0.754. The molecular weight excluding hydrogens is 264 g/mol. The van der Waals surface area contributed by atoms with Crippen LogP contribution in [0.2, 0.25) is 0 Å². The number of aromatic hydroxyl groups is 1. The van der Waals surface area contributed by atoms with Crippen LogP contribution in [0.4, 0.5) is 5.69 Å². The fourth-order valence-corrected chi connectivity index (χ4v) is 2.17. The largest absolute Gasteiger partial charge is 0.508 e. The highest BCUT2D eigenvalue weighted by Gasteiger charge is 2.10. The number of hydrogen-bond acceptors (Lipinski definition) is 3. The smallest absolute Gasteiger partial charge is 0.255 e. The van der Waals surface area contributed by atoms with Crippen LogP contribution in [0.5, 0.6) is 5.75 Å². The van der Waals surface area contributed by atoms with E-state index in [1.807, 2.05) is 18.2 Å². The summed E-state index contributed by atoms with van der Waals surface area (Å²) in [6.07, 6.45) is 1.72. The van der Waals surface area contributed by atoms with Gasteiger partial charge < -0.3 is 10.4 Å². The Morgan fingerprint density at radius 1 is 1.14 bits per heavy atom. The third kappa shape index (κ3) is 2.56. The maximum Gasteiger partial charge on any atom is 0.255 e. The van der Waals surface area contributed by atoms with Crippen molar-refractivity contribution >= 4 is 22.5 Å². The predicted molar refractivity (Wildman–Crippen MR) is 82.5 cm³/mol. The van der Waals surface area contributed by atoms with Crippen LogP contribution in [0.3, 0.4) is 0 Å². The molecule has 1 amide bonds. The molecule has 0 aliphatic rings. The van der Waals surface area contributed by atoms with E-state index in [0.717, 1.165) is 10.9 Å². The first-order valence-electron chi connectivity index (χ1n) is 6.60. The van der Waals surface area contributed by atoms with Gasteiger partial charge in [-0.15, -0.1) is 0 Å². The van der Waals surface area contributed by atoms with Crippen LogP contribution in [0, 0.1) is 6.92 Å². The number of nitrogens with one attached hydrogen (secondary N) is 1. The van der Waals surface area contributed by atoms with E-state index in [1.54, 1.807) is 43.5 Å². The van der Waals surface area contributed by atoms with E-state index in [2.05, 4.69) is 10.3 Å². The van der Waals surface area contributed by atoms with Crippen molar-refractivity contribution in [3.8, 4) is 5.75 Å². The van der Waals surface area contributed by atoms with Crippen molar-refractivity contribution < 1.29 is 9.90 Å². The van der Waals surface area contributed by atoms with Gasteiger partial charge in [-0.25, -0.2) is 0 Å². The molecule has 3 rings (SSSR count). The van der Waals surface area contributed by atoms with Gasteiger partial charge in [0.15, 0.2) is 0 Å². The first kappa shape index (κ1) is 13.1. The molecular formula is C17H14N2O2. The van der Waals surface area contributed by atoms with Gasteiger partial charge >= 0.3 is 0 Å². The molecule has 0 saturated heterocycles. The van der Waals surface area contributed by atoms with Crippen LogP contribution in [-0.4, -0.2) is 16.0 Å². The number of pyridine rings is 1. The number of rotatable bonds is 2. The first-order valence-corrected chi connectivity index (χ1v) is 6.60. The maximum atomic E-state index is 12.3. The van der Waals surface area contributed by atoms with Crippen molar-refractivity contribution in [2.24, 2.45) is 0 Å². The number of anilines is 1. The Hall–Kier alpha value is -2.88. The topological polar surface area (TPSA) is 62.2 Å². The first-order chi connectivity index (χ1) is 10.1. The zero-order valence-corrected chi connectivity index (χ0v) is 11.5. The lowest BCUT2D eigenvalue weighted by Crippen LogP contribution is -2.12. The summed E-state index contributed by atoms with van der Waals surface area (Å²) in [5.74, 6) is -0.0510. The van der Waals surface area contributed by atoms with Gasteiger partial charge in [-0.2, -0.15) is 0 Å². The minimum Gasteiger partial charge on any atom is -0.508 e. The molecule has 0 bridgehead atoms. The number of nitrogens with zero attached hydrogens (tertiary/aromatic N) is 1. The fraction of sp³-hybridized carbons (Fsp3) is 0.0588. The Balaban J connectivity index is 1.91. The molecule has 104 valence electrons. The molecule has 4 nitrogen and oxygen atoms in total. The maximum absolute atomic E-state index is 12.3. The Morgan fingerprint density at radius 2 is 2.00 bits per heavy atom. The molecule has 0 aliphatic carbocycles. The van der Waals surface area contributed by atoms with Gasteiger partial charge in [0.1, 0.15) is 5.75 Å². The molecule has 0 fully saturated rings. The van der Waals surface area contributed by atoms with Crippen molar-refractivity contribution in [2.75, 3.05) is 5.32 Å². The molecule has 2 aromatic carbocycles. The number of phenols is 1. The summed E-state index contributed by atoms with van der Waals surface area (Å²) in [5.41, 5.74) is 2.65. The van der Waals surface area contributed by atoms with Crippen LogP contribution in [0.1, 0.15) is 15.9 Å². The second kappa shape index (κ2) is 5.25. The van der Waals surface area contributed by atoms with Gasteiger partial charge in [-0.1, -0.05) is 12.1 Å². The van der Waals surface area contributed by atoms with Crippen LogP contribution < -0.4 is 5.32 Å². The average molecular weight is 278 g/mol. The Kier molecular flexibility index (Phi) is 3.28. The third-order valence-electron chi connectivity index (χ3n) is 3.42. The van der Waals surface area contributed by atoms with Gasteiger partial charge in [-0.3, -0.25) is 9.78 Å². The van der Waals surface area contributed by atoms with Crippen molar-refractivity contribution in [1.82, 2.24) is 4.98 Å². The summed E-state index contributed by atoms with van der Waals surface area (Å²) in [7, 11) is 0. The second-order valence-corrected chi connectivity index (χ2v) is 4.81. The molecule has 0 spiro atoms. The molecule has 0 atom stereocenters. The van der Waals surface area contributed by atoms with Crippen LogP contribution >= 0.6 is 0 Å². The molecule has 1 heterocycles. The SMILES string of the molecule is Cc1c(O)cccc1NC(=O)c1ccc2ncccc2c1. The molecule has 0 radical (unpaired) electrons. The summed E-state index contributed by atoms with van der Waals surface area (Å²) in [6, 6.07) is 14.2. The second-order valence-electron chi connectivity index (χ2n) is 4.81. The molecule has 21 heavy (non-hydrogen) atoms. The van der Waals surface area contributed by atoms with Gasteiger partial charge in [0.2, 0.25) is 0 Å². The lowest BCUT2D eigenvalue weighted by atomic mass is 10.1. The predicted octanol–water partition coefficient (Wildman–Crippen LogP) is 3.50. The zero-order chi connectivity index (χ0) is 14.8. The fourth-order valence-electron chi connectivity index (χ4n) is 2.17. The van der Waals surface area contributed by atoms with E-state index in [-0.39, 0.29) is 11.7 Å². The Bertz CT molecular complexity index is 828. The average Bonchev–Trinajstić information content (AvgIpc) is 2.51. The van der Waals surface area contributed by atoms with Gasteiger partial charge in [0.05, 0.1) is 5.52 Å². The highest BCUT2D eigenvalue weighted by Crippen LogP contribution is 2.24. The standard InChI is InChI=1S/C17H14N2O2/c1-11-14(5-2-6-16(11)20)19-17(21)13-7-8-15-12(10-13)4-3-9-18-15/h2-10,20H,1H3,(H,19,21). The van der Waals surface area contributed by atoms with E-state index in [0.29, 0.717) is 16.8 Å². The highest BCUT2D eigenvalue weighted by atomic mass is 16.3. The molecule has 0 aliphatic heterocycles. The molecule has 3 aromatic rings. The number of hydrogen-bond donors (Lipinski definition) is 2. The Morgan fingerprint density at radius 3 is 2.86 bits per heavy atom. The number of fused-ring (bicyclic) bond motifs is 1.